The van der Waals surface area contributed by atoms with Crippen molar-refractivity contribution < 1.29 is 0 Å². The predicted octanol–water partition coefficient (Wildman–Crippen LogP) is 6.82. The van der Waals surface area contributed by atoms with E-state index in [4.69, 9.17) is 0 Å². The first-order valence-electron chi connectivity index (χ1n) is 8.15. The van der Waals surface area contributed by atoms with Crippen LogP contribution in [-0.4, -0.2) is 0 Å². The van der Waals surface area contributed by atoms with Crippen molar-refractivity contribution in [3.8, 4) is 0 Å². The Morgan fingerprint density at radius 1 is 0.722 bits per heavy atom. The summed E-state index contributed by atoms with van der Waals surface area (Å²) in [4.78, 5) is 0. The van der Waals surface area contributed by atoms with Gasteiger partial charge in [-0.1, -0.05) is 72.0 Å². The summed E-state index contributed by atoms with van der Waals surface area (Å²) < 4.78 is 0. The van der Waals surface area contributed by atoms with Crippen LogP contribution in [0.5, 0.6) is 0 Å². The van der Waals surface area contributed by atoms with Gasteiger partial charge >= 0.3 is 0 Å². The summed E-state index contributed by atoms with van der Waals surface area (Å²) in [6, 6.07) is 0. The third kappa shape index (κ3) is 6.42. The van der Waals surface area contributed by atoms with Gasteiger partial charge in [0.05, 0.1) is 0 Å². The Morgan fingerprint density at radius 2 is 1.33 bits per heavy atom. The van der Waals surface area contributed by atoms with Crippen molar-refractivity contribution in [3.05, 3.63) is 22.8 Å². The molecule has 0 heteroatoms. The zero-order chi connectivity index (χ0) is 13.8. The van der Waals surface area contributed by atoms with Crippen molar-refractivity contribution in [2.45, 2.75) is 92.4 Å². The molecule has 0 fully saturated rings. The van der Waals surface area contributed by atoms with E-state index in [9.17, 15) is 0 Å². The first-order chi connectivity index (χ1) is 8.74. The average Bonchev–Trinajstić information content (AvgIpc) is 2.39. The van der Waals surface area contributed by atoms with Crippen molar-refractivity contribution in [2.75, 3.05) is 0 Å². The Hall–Kier alpha value is -0.520. The largest absolute Gasteiger partial charge is 0.0811 e. The molecule has 0 aliphatic rings. The van der Waals surface area contributed by atoms with E-state index in [1.807, 2.05) is 0 Å². The molecule has 0 saturated carbocycles. The minimum atomic E-state index is 1.23. The second kappa shape index (κ2) is 11.6. The van der Waals surface area contributed by atoms with Crippen LogP contribution in [0.4, 0.5) is 0 Å². The Balaban J connectivity index is 5.21. The highest BCUT2D eigenvalue weighted by molar-refractivity contribution is 5.35. The SMILES string of the molecule is CCC/C=C(CCC)/C(CCC)=C(\CC)CCC. The molecule has 0 amide bonds. The van der Waals surface area contributed by atoms with E-state index in [0.717, 1.165) is 0 Å². The van der Waals surface area contributed by atoms with Crippen LogP contribution in [0.2, 0.25) is 0 Å². The maximum atomic E-state index is 2.51. The van der Waals surface area contributed by atoms with Crippen LogP contribution in [0.15, 0.2) is 22.8 Å². The number of hydrogen-bond donors (Lipinski definition) is 0. The zero-order valence-corrected chi connectivity index (χ0v) is 13.4. The van der Waals surface area contributed by atoms with E-state index in [0.29, 0.717) is 0 Å². The number of hydrogen-bond acceptors (Lipinski definition) is 0. The molecule has 0 nitrogen and oxygen atoms in total. The van der Waals surface area contributed by atoms with Crippen LogP contribution in [-0.2, 0) is 0 Å². The van der Waals surface area contributed by atoms with E-state index in [1.54, 1.807) is 16.7 Å². The predicted molar refractivity (Wildman–Crippen MR) is 85.0 cm³/mol. The Bertz CT molecular complexity index is 255. The van der Waals surface area contributed by atoms with E-state index < -0.39 is 0 Å². The molecule has 0 saturated heterocycles. The molecule has 0 aromatic heterocycles. The Labute approximate surface area is 116 Å². The van der Waals surface area contributed by atoms with Crippen molar-refractivity contribution in [1.29, 1.82) is 0 Å². The third-order valence-electron chi connectivity index (χ3n) is 3.49. The maximum absolute atomic E-state index is 2.51. The Kier molecular flexibility index (Phi) is 11.2. The smallest absolute Gasteiger partial charge is 0.0279 e. The monoisotopic (exact) mass is 250 g/mol. The first kappa shape index (κ1) is 17.5. The molecule has 0 aromatic carbocycles. The van der Waals surface area contributed by atoms with Gasteiger partial charge in [-0.15, -0.1) is 0 Å². The van der Waals surface area contributed by atoms with Gasteiger partial charge in [-0.25, -0.2) is 0 Å². The molecule has 0 radical (unpaired) electrons. The lowest BCUT2D eigenvalue weighted by atomic mass is 9.89. The lowest BCUT2D eigenvalue weighted by Crippen LogP contribution is -1.97. The van der Waals surface area contributed by atoms with Crippen molar-refractivity contribution in [2.24, 2.45) is 0 Å². The number of unbranched alkanes of at least 4 members (excludes halogenated alkanes) is 1. The highest BCUT2D eigenvalue weighted by Crippen LogP contribution is 2.29. The lowest BCUT2D eigenvalue weighted by Gasteiger charge is -2.17. The van der Waals surface area contributed by atoms with Gasteiger partial charge in [0, 0.05) is 0 Å². The van der Waals surface area contributed by atoms with E-state index in [-0.39, 0.29) is 0 Å². The van der Waals surface area contributed by atoms with Gasteiger partial charge in [0.15, 0.2) is 0 Å². The minimum absolute atomic E-state index is 1.23. The molecular formula is C18H34. The summed E-state index contributed by atoms with van der Waals surface area (Å²) in [6.45, 7) is 11.5. The second-order valence-electron chi connectivity index (χ2n) is 5.20. The fraction of sp³-hybridized carbons (Fsp3) is 0.778. The summed E-state index contributed by atoms with van der Waals surface area (Å²) >= 11 is 0. The van der Waals surface area contributed by atoms with Crippen LogP contribution in [0.25, 0.3) is 0 Å². The molecule has 0 unspecified atom stereocenters. The van der Waals surface area contributed by atoms with Gasteiger partial charge < -0.3 is 0 Å². The fourth-order valence-corrected chi connectivity index (χ4v) is 2.62. The molecule has 106 valence electrons. The summed E-state index contributed by atoms with van der Waals surface area (Å²) in [5, 5.41) is 0. The van der Waals surface area contributed by atoms with E-state index in [2.05, 4.69) is 40.7 Å². The van der Waals surface area contributed by atoms with Gasteiger partial charge in [-0.2, -0.15) is 0 Å². The van der Waals surface area contributed by atoms with Gasteiger partial charge in [0.1, 0.15) is 0 Å². The molecule has 0 aromatic rings. The van der Waals surface area contributed by atoms with Crippen LogP contribution in [0.3, 0.4) is 0 Å². The summed E-state index contributed by atoms with van der Waals surface area (Å²) in [7, 11) is 0. The van der Waals surface area contributed by atoms with Crippen LogP contribution < -0.4 is 0 Å². The average molecular weight is 250 g/mol. The van der Waals surface area contributed by atoms with Crippen LogP contribution >= 0.6 is 0 Å². The van der Waals surface area contributed by atoms with E-state index in [1.165, 1.54) is 57.8 Å². The topological polar surface area (TPSA) is 0 Å². The molecule has 0 spiro atoms. The highest BCUT2D eigenvalue weighted by atomic mass is 14.1. The fourth-order valence-electron chi connectivity index (χ4n) is 2.62. The van der Waals surface area contributed by atoms with Gasteiger partial charge in [0.2, 0.25) is 0 Å². The van der Waals surface area contributed by atoms with Crippen molar-refractivity contribution in [3.63, 3.8) is 0 Å². The number of allylic oxidation sites excluding steroid dienone is 4. The first-order valence-corrected chi connectivity index (χ1v) is 8.15. The lowest BCUT2D eigenvalue weighted by molar-refractivity contribution is 0.781. The summed E-state index contributed by atoms with van der Waals surface area (Å²) in [5.74, 6) is 0. The van der Waals surface area contributed by atoms with Crippen LogP contribution in [0.1, 0.15) is 92.4 Å². The maximum Gasteiger partial charge on any atom is -0.0279 e. The molecule has 0 heterocycles. The quantitative estimate of drug-likeness (QED) is 0.373. The molecule has 0 rings (SSSR count). The molecule has 0 bridgehead atoms. The number of rotatable bonds is 10. The second-order valence-corrected chi connectivity index (χ2v) is 5.20. The van der Waals surface area contributed by atoms with Crippen molar-refractivity contribution in [1.82, 2.24) is 0 Å². The molecule has 0 aliphatic heterocycles. The highest BCUT2D eigenvalue weighted by Gasteiger charge is 2.09. The van der Waals surface area contributed by atoms with Crippen LogP contribution in [0, 0.1) is 0 Å². The van der Waals surface area contributed by atoms with Gasteiger partial charge in [-0.05, 0) is 43.3 Å². The van der Waals surface area contributed by atoms with E-state index >= 15 is 0 Å². The third-order valence-corrected chi connectivity index (χ3v) is 3.49. The normalized spacial score (nSPS) is 13.7. The molecule has 18 heavy (non-hydrogen) atoms. The van der Waals surface area contributed by atoms with Crippen molar-refractivity contribution >= 4 is 0 Å². The molecule has 0 aliphatic carbocycles. The standard InChI is InChI=1S/C18H34/c1-6-11-15-17(13-8-3)18(14-9-4)16(10-5)12-7-2/h15H,6-14H2,1-5H3/b17-15+,18-16+. The van der Waals surface area contributed by atoms with Gasteiger partial charge in [-0.3, -0.25) is 0 Å². The molecular weight excluding hydrogens is 216 g/mol. The van der Waals surface area contributed by atoms with Gasteiger partial charge in [0.25, 0.3) is 0 Å². The molecule has 0 atom stereocenters. The summed E-state index contributed by atoms with van der Waals surface area (Å²) in [6.07, 6.45) is 13.9. The Morgan fingerprint density at radius 3 is 1.78 bits per heavy atom. The minimum Gasteiger partial charge on any atom is -0.0811 e. The zero-order valence-electron chi connectivity index (χ0n) is 13.4. The molecule has 0 N–H and O–H groups in total. The summed E-state index contributed by atoms with van der Waals surface area (Å²) in [5.41, 5.74) is 5.08.